The van der Waals surface area contributed by atoms with E-state index >= 15 is 0 Å². The van der Waals surface area contributed by atoms with Gasteiger partial charge >= 0.3 is 5.97 Å². The van der Waals surface area contributed by atoms with E-state index < -0.39 is 17.8 Å². The Morgan fingerprint density at radius 1 is 1.23 bits per heavy atom. The molecule has 1 saturated heterocycles. The van der Waals surface area contributed by atoms with Crippen LogP contribution in [0.25, 0.3) is 0 Å². The van der Waals surface area contributed by atoms with E-state index in [0.29, 0.717) is 42.9 Å². The predicted octanol–water partition coefficient (Wildman–Crippen LogP) is 2.43. The molecule has 1 fully saturated rings. The summed E-state index contributed by atoms with van der Waals surface area (Å²) in [6.45, 7) is 0.612. The first-order chi connectivity index (χ1) is 12.5. The zero-order valence-corrected chi connectivity index (χ0v) is 14.6. The number of aliphatic carboxylic acids is 1. The van der Waals surface area contributed by atoms with E-state index in [1.54, 1.807) is 29.2 Å². The summed E-state index contributed by atoms with van der Waals surface area (Å²) in [6.07, 6.45) is 5.67. The fraction of sp³-hybridized carbons (Fsp3) is 0.421. The SMILES string of the molecule is COc1ccc(NC(=O)[C@H]2CC=CC[C@H]2C(=O)O)cc1N1CCCC1=O. The maximum absolute atomic E-state index is 12.6. The minimum absolute atomic E-state index is 0.0233. The number of methoxy groups -OCH3 is 1. The lowest BCUT2D eigenvalue weighted by molar-refractivity contribution is -0.146. The van der Waals surface area contributed by atoms with E-state index in [0.717, 1.165) is 6.42 Å². The Bertz CT molecular complexity index is 758. The summed E-state index contributed by atoms with van der Waals surface area (Å²) >= 11 is 0. The van der Waals surface area contributed by atoms with Crippen LogP contribution in [0.15, 0.2) is 30.4 Å². The van der Waals surface area contributed by atoms with Gasteiger partial charge in [0.1, 0.15) is 5.75 Å². The van der Waals surface area contributed by atoms with Crippen molar-refractivity contribution >= 4 is 29.2 Å². The Morgan fingerprint density at radius 3 is 2.58 bits per heavy atom. The van der Waals surface area contributed by atoms with E-state index in [2.05, 4.69) is 5.32 Å². The van der Waals surface area contributed by atoms with Crippen LogP contribution in [0, 0.1) is 11.8 Å². The third-order valence-electron chi connectivity index (χ3n) is 4.90. The molecule has 0 spiro atoms. The molecule has 0 bridgehead atoms. The van der Waals surface area contributed by atoms with Gasteiger partial charge in [0.15, 0.2) is 0 Å². The smallest absolute Gasteiger partial charge is 0.307 e. The normalized spacial score (nSPS) is 22.3. The molecule has 1 aliphatic carbocycles. The third kappa shape index (κ3) is 3.56. The van der Waals surface area contributed by atoms with E-state index in [1.165, 1.54) is 7.11 Å². The van der Waals surface area contributed by atoms with Crippen molar-refractivity contribution in [3.05, 3.63) is 30.4 Å². The van der Waals surface area contributed by atoms with Crippen molar-refractivity contribution in [3.8, 4) is 5.75 Å². The number of amides is 2. The van der Waals surface area contributed by atoms with E-state index in [-0.39, 0.29) is 11.8 Å². The quantitative estimate of drug-likeness (QED) is 0.788. The number of carbonyl (C=O) groups is 3. The molecule has 2 amide bonds. The van der Waals surface area contributed by atoms with Crippen molar-refractivity contribution in [2.75, 3.05) is 23.9 Å². The maximum Gasteiger partial charge on any atom is 0.307 e. The predicted molar refractivity (Wildman–Crippen MR) is 96.2 cm³/mol. The molecular formula is C19H22N2O5. The first-order valence-corrected chi connectivity index (χ1v) is 8.68. The number of benzene rings is 1. The van der Waals surface area contributed by atoms with Gasteiger partial charge in [-0.15, -0.1) is 0 Å². The molecule has 0 radical (unpaired) electrons. The second kappa shape index (κ2) is 7.59. The van der Waals surface area contributed by atoms with Gasteiger partial charge in [-0.1, -0.05) is 12.2 Å². The second-order valence-corrected chi connectivity index (χ2v) is 6.52. The van der Waals surface area contributed by atoms with E-state index in [4.69, 9.17) is 4.74 Å². The zero-order valence-electron chi connectivity index (χ0n) is 14.6. The molecule has 26 heavy (non-hydrogen) atoms. The molecule has 2 N–H and O–H groups in total. The number of rotatable bonds is 5. The molecule has 0 aromatic heterocycles. The van der Waals surface area contributed by atoms with Crippen LogP contribution in [-0.4, -0.2) is 36.5 Å². The monoisotopic (exact) mass is 358 g/mol. The van der Waals surface area contributed by atoms with Crippen LogP contribution in [0.2, 0.25) is 0 Å². The molecule has 2 atom stereocenters. The fourth-order valence-electron chi connectivity index (χ4n) is 3.49. The van der Waals surface area contributed by atoms with Crippen LogP contribution in [0.4, 0.5) is 11.4 Å². The highest BCUT2D eigenvalue weighted by molar-refractivity contribution is 5.99. The first-order valence-electron chi connectivity index (χ1n) is 8.68. The molecule has 3 rings (SSSR count). The van der Waals surface area contributed by atoms with Gasteiger partial charge in [0.25, 0.3) is 0 Å². The van der Waals surface area contributed by atoms with Crippen molar-refractivity contribution < 1.29 is 24.2 Å². The van der Waals surface area contributed by atoms with Crippen molar-refractivity contribution in [2.45, 2.75) is 25.7 Å². The topological polar surface area (TPSA) is 95.9 Å². The highest BCUT2D eigenvalue weighted by atomic mass is 16.5. The summed E-state index contributed by atoms with van der Waals surface area (Å²) in [5.41, 5.74) is 1.13. The number of carbonyl (C=O) groups excluding carboxylic acids is 2. The summed E-state index contributed by atoms with van der Waals surface area (Å²) in [5.74, 6) is -2.05. The number of nitrogens with one attached hydrogen (secondary N) is 1. The van der Waals surface area contributed by atoms with Crippen LogP contribution in [0.3, 0.4) is 0 Å². The molecule has 1 aromatic carbocycles. The molecule has 1 aromatic rings. The zero-order chi connectivity index (χ0) is 18.7. The molecule has 0 saturated carbocycles. The van der Waals surface area contributed by atoms with Gasteiger partial charge in [-0.05, 0) is 37.5 Å². The number of carboxylic acid groups (broad SMARTS) is 1. The third-order valence-corrected chi connectivity index (χ3v) is 4.90. The summed E-state index contributed by atoms with van der Waals surface area (Å²) in [6, 6.07) is 5.09. The number of hydrogen-bond donors (Lipinski definition) is 2. The molecule has 7 nitrogen and oxygen atoms in total. The van der Waals surface area contributed by atoms with Gasteiger partial charge in [0.2, 0.25) is 11.8 Å². The number of hydrogen-bond acceptors (Lipinski definition) is 4. The van der Waals surface area contributed by atoms with Crippen molar-refractivity contribution in [3.63, 3.8) is 0 Å². The number of nitrogens with zero attached hydrogens (tertiary/aromatic N) is 1. The Morgan fingerprint density at radius 2 is 1.96 bits per heavy atom. The van der Waals surface area contributed by atoms with Crippen molar-refractivity contribution in [1.29, 1.82) is 0 Å². The van der Waals surface area contributed by atoms with Gasteiger partial charge < -0.3 is 20.1 Å². The number of anilines is 2. The van der Waals surface area contributed by atoms with Gasteiger partial charge in [0, 0.05) is 18.7 Å². The summed E-state index contributed by atoms with van der Waals surface area (Å²) in [5, 5.41) is 12.1. The minimum Gasteiger partial charge on any atom is -0.495 e. The van der Waals surface area contributed by atoms with Crippen molar-refractivity contribution in [2.24, 2.45) is 11.8 Å². The Hall–Kier alpha value is -2.83. The van der Waals surface area contributed by atoms with Crippen LogP contribution in [0.5, 0.6) is 5.75 Å². The number of carboxylic acids is 1. The lowest BCUT2D eigenvalue weighted by Gasteiger charge is -2.25. The maximum atomic E-state index is 12.6. The minimum atomic E-state index is -0.965. The molecule has 7 heteroatoms. The fourth-order valence-corrected chi connectivity index (χ4v) is 3.49. The average Bonchev–Trinajstić information content (AvgIpc) is 3.07. The highest BCUT2D eigenvalue weighted by Crippen LogP contribution is 2.35. The number of ether oxygens (including phenoxy) is 1. The van der Waals surface area contributed by atoms with Crippen LogP contribution < -0.4 is 15.0 Å². The van der Waals surface area contributed by atoms with E-state index in [9.17, 15) is 19.5 Å². The summed E-state index contributed by atoms with van der Waals surface area (Å²) < 4.78 is 5.34. The largest absolute Gasteiger partial charge is 0.495 e. The van der Waals surface area contributed by atoms with Crippen LogP contribution >= 0.6 is 0 Å². The number of allylic oxidation sites excluding steroid dienone is 2. The molecule has 1 aliphatic heterocycles. The summed E-state index contributed by atoms with van der Waals surface area (Å²) in [7, 11) is 1.53. The molecule has 138 valence electrons. The van der Waals surface area contributed by atoms with Crippen molar-refractivity contribution in [1.82, 2.24) is 0 Å². The van der Waals surface area contributed by atoms with Gasteiger partial charge in [-0.25, -0.2) is 0 Å². The van der Waals surface area contributed by atoms with Gasteiger partial charge in [-0.2, -0.15) is 0 Å². The second-order valence-electron chi connectivity index (χ2n) is 6.52. The first kappa shape index (κ1) is 18.0. The molecular weight excluding hydrogens is 336 g/mol. The van der Waals surface area contributed by atoms with Crippen LogP contribution in [-0.2, 0) is 14.4 Å². The lowest BCUT2D eigenvalue weighted by atomic mass is 9.82. The summed E-state index contributed by atoms with van der Waals surface area (Å²) in [4.78, 5) is 37.7. The average molecular weight is 358 g/mol. The van der Waals surface area contributed by atoms with E-state index in [1.807, 2.05) is 6.08 Å². The standard InChI is InChI=1S/C19H22N2O5/c1-26-16-9-8-12(11-15(16)21-10-4-7-17(21)22)20-18(23)13-5-2-3-6-14(13)19(24)25/h2-3,8-9,11,13-14H,4-7,10H2,1H3,(H,20,23)(H,24,25)/t13-,14+/m0/s1. The molecule has 2 aliphatic rings. The van der Waals surface area contributed by atoms with Gasteiger partial charge in [-0.3, -0.25) is 14.4 Å². The highest BCUT2D eigenvalue weighted by Gasteiger charge is 2.34. The molecule has 1 heterocycles. The van der Waals surface area contributed by atoms with Gasteiger partial charge in [0.05, 0.1) is 24.6 Å². The Balaban J connectivity index is 1.81. The Kier molecular flexibility index (Phi) is 5.25. The Labute approximate surface area is 151 Å². The van der Waals surface area contributed by atoms with Crippen LogP contribution in [0.1, 0.15) is 25.7 Å². The lowest BCUT2D eigenvalue weighted by Crippen LogP contribution is -2.34. The molecule has 0 unspecified atom stereocenters.